The number of ketones is 1. The lowest BCUT2D eigenvalue weighted by Gasteiger charge is -2.17. The van der Waals surface area contributed by atoms with Gasteiger partial charge < -0.3 is 15.3 Å². The van der Waals surface area contributed by atoms with E-state index in [2.05, 4.69) is 0 Å². The van der Waals surface area contributed by atoms with Crippen molar-refractivity contribution in [2.45, 2.75) is 63.6 Å². The normalized spacial score (nSPS) is 13.5. The molecule has 0 spiro atoms. The Bertz CT molecular complexity index is 472. The third-order valence-electron chi connectivity index (χ3n) is 3.83. The van der Waals surface area contributed by atoms with Crippen molar-refractivity contribution in [1.29, 1.82) is 0 Å². The molecule has 1 rings (SSSR count). The molecule has 0 saturated carbocycles. The summed E-state index contributed by atoms with van der Waals surface area (Å²) >= 11 is 0. The third-order valence-corrected chi connectivity index (χ3v) is 3.83. The van der Waals surface area contributed by atoms with Crippen LogP contribution in [0.4, 0.5) is 0 Å². The van der Waals surface area contributed by atoms with Gasteiger partial charge in [-0.2, -0.15) is 0 Å². The molecule has 0 radical (unpaired) electrons. The number of aliphatic hydroxyl groups excluding tert-OH is 2. The van der Waals surface area contributed by atoms with Crippen molar-refractivity contribution in [2.75, 3.05) is 0 Å². The molecule has 5 heteroatoms. The van der Waals surface area contributed by atoms with E-state index in [1.165, 1.54) is 0 Å². The number of aliphatic carboxylic acids is 1. The van der Waals surface area contributed by atoms with Crippen LogP contribution in [-0.2, 0) is 9.59 Å². The van der Waals surface area contributed by atoms with Crippen molar-refractivity contribution in [3.05, 3.63) is 35.9 Å². The number of hydrogen-bond acceptors (Lipinski definition) is 4. The number of carbonyl (C=O) groups excluding carboxylic acids is 1. The molecule has 5 nitrogen and oxygen atoms in total. The van der Waals surface area contributed by atoms with E-state index in [-0.39, 0.29) is 18.6 Å². The first-order valence-corrected chi connectivity index (χ1v) is 8.18. The molecule has 0 aliphatic rings. The van der Waals surface area contributed by atoms with E-state index >= 15 is 0 Å². The minimum Gasteiger partial charge on any atom is -0.481 e. The van der Waals surface area contributed by atoms with Crippen LogP contribution in [-0.4, -0.2) is 33.2 Å². The Morgan fingerprint density at radius 1 is 0.826 bits per heavy atom. The van der Waals surface area contributed by atoms with E-state index in [0.717, 1.165) is 25.7 Å². The fraction of sp³-hybridized carbons (Fsp3) is 0.556. The third kappa shape index (κ3) is 7.90. The summed E-state index contributed by atoms with van der Waals surface area (Å²) < 4.78 is 0. The van der Waals surface area contributed by atoms with Gasteiger partial charge in [0.2, 0.25) is 0 Å². The highest BCUT2D eigenvalue weighted by Gasteiger charge is 2.24. The smallest absolute Gasteiger partial charge is 0.303 e. The van der Waals surface area contributed by atoms with Gasteiger partial charge in [0.1, 0.15) is 12.2 Å². The van der Waals surface area contributed by atoms with E-state index < -0.39 is 18.2 Å². The summed E-state index contributed by atoms with van der Waals surface area (Å²) in [5.41, 5.74) is 0.534. The number of benzene rings is 1. The topological polar surface area (TPSA) is 94.8 Å². The van der Waals surface area contributed by atoms with E-state index in [1.807, 2.05) is 0 Å². The molecule has 0 heterocycles. The molecule has 128 valence electrons. The minimum atomic E-state index is -1.38. The van der Waals surface area contributed by atoms with Gasteiger partial charge in [-0.3, -0.25) is 9.59 Å². The number of carboxylic acids is 1. The molecule has 0 bridgehead atoms. The predicted molar refractivity (Wildman–Crippen MR) is 87.0 cm³/mol. The summed E-state index contributed by atoms with van der Waals surface area (Å²) in [7, 11) is 0. The van der Waals surface area contributed by atoms with Gasteiger partial charge in [0, 0.05) is 12.8 Å². The highest BCUT2D eigenvalue weighted by molar-refractivity contribution is 5.83. The van der Waals surface area contributed by atoms with Crippen molar-refractivity contribution in [3.8, 4) is 0 Å². The second-order valence-corrected chi connectivity index (χ2v) is 5.78. The van der Waals surface area contributed by atoms with Crippen molar-refractivity contribution < 1.29 is 24.9 Å². The number of carboxylic acid groups (broad SMARTS) is 1. The Balaban J connectivity index is 2.15. The SMILES string of the molecule is O=C(O)CCCCCCCCC(=O)C(O)C(O)c1ccccc1. The maximum absolute atomic E-state index is 11.9. The average Bonchev–Trinajstić information content (AvgIpc) is 2.56. The Morgan fingerprint density at radius 2 is 1.35 bits per heavy atom. The molecular formula is C18H26O5. The van der Waals surface area contributed by atoms with E-state index in [0.29, 0.717) is 18.4 Å². The molecule has 0 amide bonds. The van der Waals surface area contributed by atoms with Crippen molar-refractivity contribution in [3.63, 3.8) is 0 Å². The number of aliphatic hydroxyl groups is 2. The highest BCUT2D eigenvalue weighted by Crippen LogP contribution is 2.19. The zero-order valence-corrected chi connectivity index (χ0v) is 13.4. The molecule has 0 saturated heterocycles. The fourth-order valence-corrected chi connectivity index (χ4v) is 2.44. The van der Waals surface area contributed by atoms with E-state index in [1.54, 1.807) is 30.3 Å². The summed E-state index contributed by atoms with van der Waals surface area (Å²) in [6.07, 6.45) is 2.92. The largest absolute Gasteiger partial charge is 0.481 e. The summed E-state index contributed by atoms with van der Waals surface area (Å²) in [5, 5.41) is 28.4. The zero-order chi connectivity index (χ0) is 17.1. The highest BCUT2D eigenvalue weighted by atomic mass is 16.4. The molecule has 23 heavy (non-hydrogen) atoms. The Hall–Kier alpha value is -1.72. The molecule has 0 aliphatic carbocycles. The summed E-state index contributed by atoms with van der Waals surface area (Å²) in [6, 6.07) is 8.66. The lowest BCUT2D eigenvalue weighted by molar-refractivity contribution is -0.137. The number of hydrogen-bond donors (Lipinski definition) is 3. The molecule has 0 fully saturated rings. The van der Waals surface area contributed by atoms with Crippen LogP contribution in [0.2, 0.25) is 0 Å². The number of unbranched alkanes of at least 4 members (excludes halogenated alkanes) is 5. The van der Waals surface area contributed by atoms with Crippen molar-refractivity contribution >= 4 is 11.8 Å². The Kier molecular flexibility index (Phi) is 9.17. The lowest BCUT2D eigenvalue weighted by atomic mass is 9.98. The second-order valence-electron chi connectivity index (χ2n) is 5.78. The lowest BCUT2D eigenvalue weighted by Crippen LogP contribution is -2.27. The maximum atomic E-state index is 11.9. The summed E-state index contributed by atoms with van der Waals surface area (Å²) in [4.78, 5) is 22.2. The van der Waals surface area contributed by atoms with Crippen molar-refractivity contribution in [1.82, 2.24) is 0 Å². The van der Waals surface area contributed by atoms with Crippen LogP contribution >= 0.6 is 0 Å². The average molecular weight is 322 g/mol. The molecule has 0 aromatic heterocycles. The van der Waals surface area contributed by atoms with E-state index in [9.17, 15) is 19.8 Å². The maximum Gasteiger partial charge on any atom is 0.303 e. The van der Waals surface area contributed by atoms with Gasteiger partial charge in [-0.1, -0.05) is 56.0 Å². The molecule has 1 aromatic rings. The second kappa shape index (κ2) is 10.9. The van der Waals surface area contributed by atoms with Gasteiger partial charge in [-0.05, 0) is 18.4 Å². The molecule has 0 aliphatic heterocycles. The summed E-state index contributed by atoms with van der Waals surface area (Å²) in [6.45, 7) is 0. The zero-order valence-electron chi connectivity index (χ0n) is 13.4. The minimum absolute atomic E-state index is 0.210. The summed E-state index contributed by atoms with van der Waals surface area (Å²) in [5.74, 6) is -1.10. The van der Waals surface area contributed by atoms with Gasteiger partial charge in [-0.15, -0.1) is 0 Å². The van der Waals surface area contributed by atoms with Gasteiger partial charge >= 0.3 is 5.97 Å². The fourth-order valence-electron chi connectivity index (χ4n) is 2.44. The first-order chi connectivity index (χ1) is 11.0. The van der Waals surface area contributed by atoms with E-state index in [4.69, 9.17) is 5.11 Å². The molecule has 1 aromatic carbocycles. The first-order valence-electron chi connectivity index (χ1n) is 8.18. The quantitative estimate of drug-likeness (QED) is 0.514. The van der Waals surface area contributed by atoms with Gasteiger partial charge in [0.05, 0.1) is 0 Å². The monoisotopic (exact) mass is 322 g/mol. The number of rotatable bonds is 12. The Labute approximate surface area is 137 Å². The van der Waals surface area contributed by atoms with Crippen LogP contribution in [0, 0.1) is 0 Å². The number of Topliss-reactive ketones (excluding diaryl/α,β-unsaturated/α-hetero) is 1. The molecule has 2 unspecified atom stereocenters. The van der Waals surface area contributed by atoms with Crippen molar-refractivity contribution in [2.24, 2.45) is 0 Å². The van der Waals surface area contributed by atoms with Crippen LogP contribution in [0.15, 0.2) is 30.3 Å². The van der Waals surface area contributed by atoms with Crippen LogP contribution in [0.5, 0.6) is 0 Å². The Morgan fingerprint density at radius 3 is 1.91 bits per heavy atom. The van der Waals surface area contributed by atoms with Gasteiger partial charge in [0.15, 0.2) is 5.78 Å². The van der Waals surface area contributed by atoms with Crippen LogP contribution < -0.4 is 0 Å². The van der Waals surface area contributed by atoms with Crippen LogP contribution in [0.1, 0.15) is 63.0 Å². The van der Waals surface area contributed by atoms with Gasteiger partial charge in [-0.25, -0.2) is 0 Å². The van der Waals surface area contributed by atoms with Crippen LogP contribution in [0.25, 0.3) is 0 Å². The predicted octanol–water partition coefficient (Wildman–Crippen LogP) is 2.86. The van der Waals surface area contributed by atoms with Gasteiger partial charge in [0.25, 0.3) is 0 Å². The standard InChI is InChI=1S/C18H26O5/c19-15(12-8-3-1-2-4-9-13-16(20)21)18(23)17(22)14-10-6-5-7-11-14/h5-7,10-11,17-18,22-23H,1-4,8-9,12-13H2,(H,20,21). The molecule has 2 atom stereocenters. The number of carbonyl (C=O) groups is 2. The molecule has 3 N–H and O–H groups in total. The van der Waals surface area contributed by atoms with Crippen LogP contribution in [0.3, 0.4) is 0 Å². The first kappa shape index (κ1) is 19.3. The molecular weight excluding hydrogens is 296 g/mol.